The molecule has 0 fully saturated rings. The molecule has 1 amide bonds. The largest absolute Gasteiger partial charge is 0.439 e. The highest BCUT2D eigenvalue weighted by atomic mass is 19.1. The van der Waals surface area contributed by atoms with Gasteiger partial charge in [-0.1, -0.05) is 6.07 Å². The third-order valence-corrected chi connectivity index (χ3v) is 3.41. The summed E-state index contributed by atoms with van der Waals surface area (Å²) >= 11 is 0. The number of benzene rings is 1. The van der Waals surface area contributed by atoms with Crippen molar-refractivity contribution < 1.29 is 13.9 Å². The molecule has 0 spiro atoms. The third-order valence-electron chi connectivity index (χ3n) is 3.41. The molecular weight excluding hydrogens is 333 g/mol. The summed E-state index contributed by atoms with van der Waals surface area (Å²) in [6, 6.07) is 12.8. The SMILES string of the molecule is O=C(C=Cc1cccnc1)NCc1ccnc(Oc2ccc(F)cc2)c1. The lowest BCUT2D eigenvalue weighted by Gasteiger charge is -2.07. The maximum atomic E-state index is 12.9. The molecular formula is C20H16FN3O2. The number of ether oxygens (including phenoxy) is 1. The average Bonchev–Trinajstić information content (AvgIpc) is 2.68. The minimum atomic E-state index is -0.332. The molecule has 5 nitrogen and oxygen atoms in total. The van der Waals surface area contributed by atoms with Crippen LogP contribution in [0.4, 0.5) is 4.39 Å². The Labute approximate surface area is 150 Å². The Bertz CT molecular complexity index is 896. The Morgan fingerprint density at radius 2 is 2.00 bits per heavy atom. The van der Waals surface area contributed by atoms with Crippen LogP contribution in [-0.4, -0.2) is 15.9 Å². The summed E-state index contributed by atoms with van der Waals surface area (Å²) in [4.78, 5) is 20.0. The van der Waals surface area contributed by atoms with Crippen molar-refractivity contribution in [2.75, 3.05) is 0 Å². The van der Waals surface area contributed by atoms with Crippen molar-refractivity contribution in [2.24, 2.45) is 0 Å². The molecule has 26 heavy (non-hydrogen) atoms. The number of nitrogens with one attached hydrogen (secondary N) is 1. The highest BCUT2D eigenvalue weighted by molar-refractivity contribution is 5.91. The van der Waals surface area contributed by atoms with Gasteiger partial charge in [0.15, 0.2) is 0 Å². The second-order valence-electron chi connectivity index (χ2n) is 5.40. The van der Waals surface area contributed by atoms with Crippen LogP contribution in [0.15, 0.2) is 73.2 Å². The van der Waals surface area contributed by atoms with E-state index >= 15 is 0 Å². The Morgan fingerprint density at radius 1 is 1.15 bits per heavy atom. The van der Waals surface area contributed by atoms with E-state index in [9.17, 15) is 9.18 Å². The molecule has 0 saturated heterocycles. The summed E-state index contributed by atoms with van der Waals surface area (Å²) in [6.07, 6.45) is 8.08. The summed E-state index contributed by atoms with van der Waals surface area (Å²) < 4.78 is 18.5. The molecule has 6 heteroatoms. The number of amides is 1. The van der Waals surface area contributed by atoms with Gasteiger partial charge in [0.2, 0.25) is 11.8 Å². The summed E-state index contributed by atoms with van der Waals surface area (Å²) in [5.74, 6) is 0.307. The van der Waals surface area contributed by atoms with E-state index in [0.29, 0.717) is 18.2 Å². The van der Waals surface area contributed by atoms with Crippen LogP contribution < -0.4 is 10.1 Å². The zero-order valence-electron chi connectivity index (χ0n) is 13.8. The molecule has 3 rings (SSSR count). The standard InChI is InChI=1S/C20H16FN3O2/c21-17-4-6-18(7-5-17)26-20-12-16(9-11-23-20)14-24-19(25)8-3-15-2-1-10-22-13-15/h1-13H,14H2,(H,24,25). The number of rotatable bonds is 6. The average molecular weight is 349 g/mol. The molecule has 3 aromatic rings. The van der Waals surface area contributed by atoms with Gasteiger partial charge in [0.1, 0.15) is 11.6 Å². The number of hydrogen-bond acceptors (Lipinski definition) is 4. The number of hydrogen-bond donors (Lipinski definition) is 1. The minimum Gasteiger partial charge on any atom is -0.439 e. The summed E-state index contributed by atoms with van der Waals surface area (Å²) in [6.45, 7) is 0.332. The summed E-state index contributed by atoms with van der Waals surface area (Å²) in [7, 11) is 0. The van der Waals surface area contributed by atoms with E-state index in [0.717, 1.165) is 11.1 Å². The predicted octanol–water partition coefficient (Wildman–Crippen LogP) is 3.74. The lowest BCUT2D eigenvalue weighted by Crippen LogP contribution is -2.20. The van der Waals surface area contributed by atoms with E-state index in [1.165, 1.54) is 30.3 Å². The van der Waals surface area contributed by atoms with Gasteiger partial charge in [0.25, 0.3) is 0 Å². The molecule has 130 valence electrons. The smallest absolute Gasteiger partial charge is 0.244 e. The molecule has 0 radical (unpaired) electrons. The molecule has 2 heterocycles. The van der Waals surface area contributed by atoms with Gasteiger partial charge in [-0.2, -0.15) is 0 Å². The van der Waals surface area contributed by atoms with E-state index in [2.05, 4.69) is 15.3 Å². The molecule has 1 N–H and O–H groups in total. The summed E-state index contributed by atoms with van der Waals surface area (Å²) in [5, 5.41) is 2.79. The maximum Gasteiger partial charge on any atom is 0.244 e. The first-order valence-corrected chi connectivity index (χ1v) is 7.93. The van der Waals surface area contributed by atoms with Crippen LogP contribution >= 0.6 is 0 Å². The molecule has 0 aliphatic heterocycles. The lowest BCUT2D eigenvalue weighted by atomic mass is 10.2. The monoisotopic (exact) mass is 349 g/mol. The molecule has 0 atom stereocenters. The van der Waals surface area contributed by atoms with Crippen LogP contribution in [0.25, 0.3) is 6.08 Å². The molecule has 1 aromatic carbocycles. The maximum absolute atomic E-state index is 12.9. The third kappa shape index (κ3) is 5.24. The van der Waals surface area contributed by atoms with Crippen molar-refractivity contribution in [3.8, 4) is 11.6 Å². The van der Waals surface area contributed by atoms with E-state index in [1.54, 1.807) is 42.9 Å². The second kappa shape index (κ2) is 8.53. The Balaban J connectivity index is 1.56. The van der Waals surface area contributed by atoms with E-state index < -0.39 is 0 Å². The first-order chi connectivity index (χ1) is 12.7. The number of aromatic nitrogens is 2. The Morgan fingerprint density at radius 3 is 2.77 bits per heavy atom. The van der Waals surface area contributed by atoms with E-state index in [1.807, 2.05) is 6.07 Å². The Hall–Kier alpha value is -3.54. The van der Waals surface area contributed by atoms with Crippen molar-refractivity contribution in [1.29, 1.82) is 0 Å². The number of nitrogens with zero attached hydrogens (tertiary/aromatic N) is 2. The van der Waals surface area contributed by atoms with Crippen LogP contribution in [0.3, 0.4) is 0 Å². The van der Waals surface area contributed by atoms with Gasteiger partial charge in [0, 0.05) is 37.3 Å². The number of carbonyl (C=O) groups excluding carboxylic acids is 1. The van der Waals surface area contributed by atoms with Crippen molar-refractivity contribution in [3.05, 3.63) is 90.1 Å². The fourth-order valence-corrected chi connectivity index (χ4v) is 2.13. The first-order valence-electron chi connectivity index (χ1n) is 7.93. The topological polar surface area (TPSA) is 64.1 Å². The van der Waals surface area contributed by atoms with Crippen LogP contribution in [0.2, 0.25) is 0 Å². The minimum absolute atomic E-state index is 0.216. The van der Waals surface area contributed by atoms with Gasteiger partial charge in [0.05, 0.1) is 0 Å². The highest BCUT2D eigenvalue weighted by Crippen LogP contribution is 2.20. The van der Waals surface area contributed by atoms with E-state index in [4.69, 9.17) is 4.74 Å². The fourth-order valence-electron chi connectivity index (χ4n) is 2.13. The normalized spacial score (nSPS) is 10.7. The lowest BCUT2D eigenvalue weighted by molar-refractivity contribution is -0.116. The van der Waals surface area contributed by atoms with Crippen molar-refractivity contribution in [3.63, 3.8) is 0 Å². The molecule has 0 unspecified atom stereocenters. The molecule has 0 saturated carbocycles. The first kappa shape index (κ1) is 17.3. The number of carbonyl (C=O) groups is 1. The van der Waals surface area contributed by atoms with Crippen molar-refractivity contribution in [1.82, 2.24) is 15.3 Å². The molecule has 2 aromatic heterocycles. The van der Waals surface area contributed by atoms with E-state index in [-0.39, 0.29) is 11.7 Å². The molecule has 0 aliphatic rings. The van der Waals surface area contributed by atoms with Gasteiger partial charge in [-0.25, -0.2) is 9.37 Å². The van der Waals surface area contributed by atoms with Gasteiger partial charge in [-0.05, 0) is 53.6 Å². The highest BCUT2D eigenvalue weighted by Gasteiger charge is 2.02. The Kier molecular flexibility index (Phi) is 5.67. The van der Waals surface area contributed by atoms with Gasteiger partial charge in [-0.15, -0.1) is 0 Å². The quantitative estimate of drug-likeness (QED) is 0.689. The second-order valence-corrected chi connectivity index (χ2v) is 5.40. The zero-order chi connectivity index (χ0) is 18.2. The summed E-state index contributed by atoms with van der Waals surface area (Å²) in [5.41, 5.74) is 1.68. The number of halogens is 1. The van der Waals surface area contributed by atoms with Crippen molar-refractivity contribution in [2.45, 2.75) is 6.54 Å². The van der Waals surface area contributed by atoms with Gasteiger partial charge in [-0.3, -0.25) is 9.78 Å². The predicted molar refractivity (Wildman–Crippen MR) is 95.8 cm³/mol. The zero-order valence-corrected chi connectivity index (χ0v) is 13.8. The van der Waals surface area contributed by atoms with Gasteiger partial charge < -0.3 is 10.1 Å². The van der Waals surface area contributed by atoms with Gasteiger partial charge >= 0.3 is 0 Å². The van der Waals surface area contributed by atoms with Crippen LogP contribution in [0, 0.1) is 5.82 Å². The number of pyridine rings is 2. The van der Waals surface area contributed by atoms with Crippen LogP contribution in [0.1, 0.15) is 11.1 Å². The van der Waals surface area contributed by atoms with Crippen molar-refractivity contribution >= 4 is 12.0 Å². The molecule has 0 bridgehead atoms. The fraction of sp³-hybridized carbons (Fsp3) is 0.0500. The van der Waals surface area contributed by atoms with Crippen LogP contribution in [0.5, 0.6) is 11.6 Å². The van der Waals surface area contributed by atoms with Crippen LogP contribution in [-0.2, 0) is 11.3 Å². The molecule has 0 aliphatic carbocycles.